The van der Waals surface area contributed by atoms with Crippen molar-refractivity contribution < 1.29 is 28.6 Å². The summed E-state index contributed by atoms with van der Waals surface area (Å²) in [6.07, 6.45) is 83.4. The zero-order valence-corrected chi connectivity index (χ0v) is 47.4. The van der Waals surface area contributed by atoms with Crippen molar-refractivity contribution in [3.63, 3.8) is 0 Å². The van der Waals surface area contributed by atoms with Gasteiger partial charge in [0.2, 0.25) is 0 Å². The van der Waals surface area contributed by atoms with Crippen molar-refractivity contribution >= 4 is 17.9 Å². The van der Waals surface area contributed by atoms with Crippen LogP contribution >= 0.6 is 0 Å². The molecule has 6 nitrogen and oxygen atoms in total. The lowest BCUT2D eigenvalue weighted by Gasteiger charge is -2.18. The summed E-state index contributed by atoms with van der Waals surface area (Å²) in [5, 5.41) is 0. The van der Waals surface area contributed by atoms with Gasteiger partial charge in [-0.05, 0) is 128 Å². The average Bonchev–Trinajstić information content (AvgIpc) is 3.39. The summed E-state index contributed by atoms with van der Waals surface area (Å²) in [5.74, 6) is -0.961. The van der Waals surface area contributed by atoms with Gasteiger partial charge in [0.25, 0.3) is 0 Å². The van der Waals surface area contributed by atoms with E-state index in [1.807, 2.05) is 0 Å². The van der Waals surface area contributed by atoms with E-state index in [-0.39, 0.29) is 31.1 Å². The van der Waals surface area contributed by atoms with E-state index in [0.29, 0.717) is 19.3 Å². The number of rotatable bonds is 53. The molecule has 0 spiro atoms. The number of esters is 3. The van der Waals surface area contributed by atoms with E-state index in [4.69, 9.17) is 14.2 Å². The minimum atomic E-state index is -0.808. The van der Waals surface area contributed by atoms with E-state index < -0.39 is 6.10 Å². The van der Waals surface area contributed by atoms with Crippen molar-refractivity contribution in [1.82, 2.24) is 0 Å². The first-order valence-corrected chi connectivity index (χ1v) is 30.0. The first kappa shape index (κ1) is 68.8. The van der Waals surface area contributed by atoms with Crippen molar-refractivity contribution in [3.8, 4) is 0 Å². The van der Waals surface area contributed by atoms with Crippen molar-refractivity contribution in [2.45, 2.75) is 271 Å². The first-order chi connectivity index (χ1) is 36.0. The van der Waals surface area contributed by atoms with Crippen LogP contribution in [0.25, 0.3) is 0 Å². The van der Waals surface area contributed by atoms with Crippen molar-refractivity contribution in [3.05, 3.63) is 122 Å². The molecule has 0 aromatic carbocycles. The molecule has 0 aliphatic carbocycles. The quantitative estimate of drug-likeness (QED) is 0.0261. The molecule has 6 heteroatoms. The Morgan fingerprint density at radius 1 is 0.288 bits per heavy atom. The molecule has 0 rings (SSSR count). The molecule has 0 aliphatic heterocycles. The molecule has 0 saturated heterocycles. The summed E-state index contributed by atoms with van der Waals surface area (Å²) < 4.78 is 16.8. The molecule has 0 bridgehead atoms. The van der Waals surface area contributed by atoms with Crippen molar-refractivity contribution in [2.24, 2.45) is 0 Å². The molecule has 0 aromatic heterocycles. The van der Waals surface area contributed by atoms with Gasteiger partial charge in [0.1, 0.15) is 13.2 Å². The van der Waals surface area contributed by atoms with E-state index in [2.05, 4.69) is 142 Å². The van der Waals surface area contributed by atoms with Crippen LogP contribution in [-0.2, 0) is 28.6 Å². The summed E-state index contributed by atoms with van der Waals surface area (Å²) >= 11 is 0. The highest BCUT2D eigenvalue weighted by Gasteiger charge is 2.19. The number of carbonyl (C=O) groups is 3. The molecule has 414 valence electrons. The van der Waals surface area contributed by atoms with Crippen molar-refractivity contribution in [2.75, 3.05) is 13.2 Å². The van der Waals surface area contributed by atoms with E-state index in [0.717, 1.165) is 128 Å². The Balaban J connectivity index is 4.44. The largest absolute Gasteiger partial charge is 0.462 e. The van der Waals surface area contributed by atoms with Crippen LogP contribution in [0, 0.1) is 0 Å². The maximum Gasteiger partial charge on any atom is 0.306 e. The summed E-state index contributed by atoms with van der Waals surface area (Å²) in [5.41, 5.74) is 0. The molecule has 0 aliphatic rings. The van der Waals surface area contributed by atoms with Crippen LogP contribution in [0.15, 0.2) is 122 Å². The second kappa shape index (κ2) is 60.4. The van der Waals surface area contributed by atoms with Gasteiger partial charge in [-0.25, -0.2) is 0 Å². The standard InChI is InChI=1S/C67H110O6/c1-4-7-10-13-16-19-22-25-28-30-31-32-33-34-35-37-39-42-45-48-51-54-57-60-66(69)72-63-64(62-71-65(68)59-56-53-50-47-44-41-38-27-24-21-18-15-12-9-6-3)73-67(70)61-58-55-52-49-46-43-40-36-29-26-23-20-17-14-11-8-5-2/h8-9,11-12,17-18,20-22,25-27,29-31,33-34,38,44,47,64H,4-7,10,13-16,19,23-24,28,32,35-37,39-43,45-46,48-63H2,1-3H3/b11-8-,12-9-,20-17-,21-18-,25-22-,29-26-,31-30-,34-33-,38-27-,47-44-. The fourth-order valence-electron chi connectivity index (χ4n) is 7.98. The molecule has 0 amide bonds. The lowest BCUT2D eigenvalue weighted by Crippen LogP contribution is -2.30. The van der Waals surface area contributed by atoms with Gasteiger partial charge in [-0.1, -0.05) is 239 Å². The molecule has 0 aromatic rings. The Bertz CT molecular complexity index is 1540. The number of carbonyl (C=O) groups excluding carboxylic acids is 3. The second-order valence-electron chi connectivity index (χ2n) is 19.5. The third kappa shape index (κ3) is 58.6. The number of hydrogen-bond acceptors (Lipinski definition) is 6. The van der Waals surface area contributed by atoms with Gasteiger partial charge in [-0.3, -0.25) is 14.4 Å². The summed E-state index contributed by atoms with van der Waals surface area (Å²) in [6, 6.07) is 0. The van der Waals surface area contributed by atoms with Crippen LogP contribution in [0.2, 0.25) is 0 Å². The monoisotopic (exact) mass is 1010 g/mol. The predicted octanol–water partition coefficient (Wildman–Crippen LogP) is 20.4. The Labute approximate surface area is 450 Å². The maximum absolute atomic E-state index is 12.9. The van der Waals surface area contributed by atoms with Gasteiger partial charge >= 0.3 is 17.9 Å². The lowest BCUT2D eigenvalue weighted by atomic mass is 10.1. The molecule has 0 radical (unpaired) electrons. The minimum absolute atomic E-state index is 0.102. The van der Waals surface area contributed by atoms with Gasteiger partial charge in [0.05, 0.1) is 0 Å². The zero-order valence-electron chi connectivity index (χ0n) is 47.4. The Morgan fingerprint density at radius 3 is 0.863 bits per heavy atom. The first-order valence-electron chi connectivity index (χ1n) is 30.0. The molecule has 73 heavy (non-hydrogen) atoms. The summed E-state index contributed by atoms with van der Waals surface area (Å²) in [4.78, 5) is 38.2. The lowest BCUT2D eigenvalue weighted by molar-refractivity contribution is -0.167. The van der Waals surface area contributed by atoms with Crippen LogP contribution in [0.3, 0.4) is 0 Å². The van der Waals surface area contributed by atoms with Gasteiger partial charge in [-0.2, -0.15) is 0 Å². The average molecular weight is 1010 g/mol. The zero-order chi connectivity index (χ0) is 52.9. The normalized spacial score (nSPS) is 13.0. The Kier molecular flexibility index (Phi) is 56.9. The fraction of sp³-hybridized carbons (Fsp3) is 0.657. The number of ether oxygens (including phenoxy) is 3. The van der Waals surface area contributed by atoms with E-state index >= 15 is 0 Å². The topological polar surface area (TPSA) is 78.9 Å². The third-order valence-corrected chi connectivity index (χ3v) is 12.4. The summed E-state index contributed by atoms with van der Waals surface area (Å²) in [7, 11) is 0. The number of hydrogen-bond donors (Lipinski definition) is 0. The summed E-state index contributed by atoms with van der Waals surface area (Å²) in [6.45, 7) is 6.36. The smallest absolute Gasteiger partial charge is 0.306 e. The Morgan fingerprint density at radius 2 is 0.534 bits per heavy atom. The minimum Gasteiger partial charge on any atom is -0.462 e. The fourth-order valence-corrected chi connectivity index (χ4v) is 7.98. The Hall–Kier alpha value is -4.19. The molecule has 0 N–H and O–H groups in total. The molecule has 0 saturated carbocycles. The van der Waals surface area contributed by atoms with Crippen LogP contribution in [0.1, 0.15) is 265 Å². The van der Waals surface area contributed by atoms with Crippen LogP contribution in [0.5, 0.6) is 0 Å². The van der Waals surface area contributed by atoms with Gasteiger partial charge in [-0.15, -0.1) is 0 Å². The highest BCUT2D eigenvalue weighted by molar-refractivity contribution is 5.71. The third-order valence-electron chi connectivity index (χ3n) is 12.4. The molecule has 1 atom stereocenters. The van der Waals surface area contributed by atoms with Crippen molar-refractivity contribution in [1.29, 1.82) is 0 Å². The van der Waals surface area contributed by atoms with E-state index in [1.165, 1.54) is 96.3 Å². The van der Waals surface area contributed by atoms with Gasteiger partial charge in [0.15, 0.2) is 6.10 Å². The molecule has 1 unspecified atom stereocenters. The second-order valence-corrected chi connectivity index (χ2v) is 19.5. The molecular weight excluding hydrogens is 901 g/mol. The van der Waals surface area contributed by atoms with Gasteiger partial charge in [0, 0.05) is 19.3 Å². The molecule has 0 heterocycles. The predicted molar refractivity (Wildman–Crippen MR) is 316 cm³/mol. The number of unbranched alkanes of at least 4 members (excludes halogenated alkanes) is 22. The molecular formula is C67H110O6. The number of allylic oxidation sites excluding steroid dienone is 20. The highest BCUT2D eigenvalue weighted by atomic mass is 16.6. The maximum atomic E-state index is 12.9. The van der Waals surface area contributed by atoms with Gasteiger partial charge < -0.3 is 14.2 Å². The van der Waals surface area contributed by atoms with E-state index in [1.54, 1.807) is 0 Å². The van der Waals surface area contributed by atoms with Crippen LogP contribution in [0.4, 0.5) is 0 Å². The van der Waals surface area contributed by atoms with Crippen LogP contribution < -0.4 is 0 Å². The highest BCUT2D eigenvalue weighted by Crippen LogP contribution is 2.14. The SMILES string of the molecule is CC/C=C\C/C=C\C/C=C\C/C=C\CCCCC(=O)OCC(COC(=O)CCCCCCCCCC/C=C\C/C=C\C/C=C\CCCCCCC)OC(=O)CCCCCCCCC/C=C\C/C=C\C/C=C\CC. The molecule has 0 fully saturated rings. The van der Waals surface area contributed by atoms with E-state index in [9.17, 15) is 14.4 Å². The van der Waals surface area contributed by atoms with Crippen LogP contribution in [-0.4, -0.2) is 37.2 Å².